The minimum Gasteiger partial charge on any atom is -0.466 e. The Balaban J connectivity index is 0.000000507. The molecule has 2 aromatic heterocycles. The molecule has 13 heteroatoms. The minimum absolute atomic E-state index is 0.0424. The second kappa shape index (κ2) is 13.1. The third-order valence-corrected chi connectivity index (χ3v) is 5.91. The molecule has 1 aromatic carbocycles. The molecule has 3 aromatic rings. The van der Waals surface area contributed by atoms with Crippen molar-refractivity contribution < 1.29 is 45.7 Å². The molecular formula is C28H23F6N3O4. The molecule has 41 heavy (non-hydrogen) atoms. The largest absolute Gasteiger partial charge is 0.494 e. The number of aromatic nitrogens is 2. The lowest BCUT2D eigenvalue weighted by Crippen LogP contribution is -2.55. The van der Waals surface area contributed by atoms with Crippen LogP contribution in [0, 0.1) is 0 Å². The van der Waals surface area contributed by atoms with E-state index in [9.17, 15) is 31.3 Å². The van der Waals surface area contributed by atoms with Crippen LogP contribution < -0.4 is 4.74 Å². The quantitative estimate of drug-likeness (QED) is 0.318. The molecular weight excluding hydrogens is 556 g/mol. The molecule has 0 aliphatic carbocycles. The number of rotatable bonds is 6. The van der Waals surface area contributed by atoms with Crippen molar-refractivity contribution in [3.63, 3.8) is 0 Å². The van der Waals surface area contributed by atoms with Crippen molar-refractivity contribution in [1.82, 2.24) is 14.9 Å². The van der Waals surface area contributed by atoms with Crippen LogP contribution in [0.25, 0.3) is 23.3 Å². The van der Waals surface area contributed by atoms with Crippen molar-refractivity contribution in [1.29, 1.82) is 0 Å². The Morgan fingerprint density at radius 3 is 2.34 bits per heavy atom. The Kier molecular flexibility index (Phi) is 9.87. The summed E-state index contributed by atoms with van der Waals surface area (Å²) in [5.74, 6) is -6.27. The second-order valence-electron chi connectivity index (χ2n) is 8.55. The first-order valence-electron chi connectivity index (χ1n) is 11.9. The first-order valence-corrected chi connectivity index (χ1v) is 11.9. The van der Waals surface area contributed by atoms with E-state index in [-0.39, 0.29) is 24.9 Å². The number of amides is 1. The van der Waals surface area contributed by atoms with Crippen LogP contribution in [0.15, 0.2) is 74.1 Å². The van der Waals surface area contributed by atoms with E-state index in [1.54, 1.807) is 24.4 Å². The molecule has 1 saturated heterocycles. The van der Waals surface area contributed by atoms with Crippen LogP contribution in [0.4, 0.5) is 26.5 Å². The van der Waals surface area contributed by atoms with Crippen molar-refractivity contribution in [2.24, 2.45) is 0 Å². The van der Waals surface area contributed by atoms with E-state index in [2.05, 4.69) is 23.1 Å². The van der Waals surface area contributed by atoms with E-state index in [1.165, 1.54) is 23.2 Å². The standard InChI is InChI=1S/C26H23F2N3O2.C2F4O2/c1-3-18-10-11-24(30-22(18)4-2)33-23-17-31(15-13-26(23,27)28)25(32)21-16-29-14-12-20(21)19-8-6-5-7-9-19;3-2(4,5)1(7)8-6/h3-12,14,16,23H,1-2,13,15,17H2;. The van der Waals surface area contributed by atoms with Crippen LogP contribution in [0.1, 0.15) is 28.0 Å². The molecule has 1 aliphatic rings. The highest BCUT2D eigenvalue weighted by molar-refractivity contribution is 6.00. The SMILES string of the molecule is C=Cc1ccc(OC2CN(C(=O)c3cnccc3-c3ccccc3)CCC2(F)F)nc1C=C.O=C(OF)C(F)(F)F. The van der Waals surface area contributed by atoms with Gasteiger partial charge < -0.3 is 9.64 Å². The predicted octanol–water partition coefficient (Wildman–Crippen LogP) is 6.33. The summed E-state index contributed by atoms with van der Waals surface area (Å²) in [6, 6.07) is 14.3. The van der Waals surface area contributed by atoms with Gasteiger partial charge in [-0.2, -0.15) is 13.2 Å². The van der Waals surface area contributed by atoms with Gasteiger partial charge in [0.2, 0.25) is 5.88 Å². The Hall–Kier alpha value is -4.68. The van der Waals surface area contributed by atoms with Crippen LogP contribution in [-0.2, 0) is 9.74 Å². The Morgan fingerprint density at radius 2 is 1.76 bits per heavy atom. The molecule has 0 bridgehead atoms. The second-order valence-corrected chi connectivity index (χ2v) is 8.55. The highest BCUT2D eigenvalue weighted by Gasteiger charge is 2.47. The average Bonchev–Trinajstić information content (AvgIpc) is 2.97. The molecule has 4 rings (SSSR count). The van der Waals surface area contributed by atoms with Crippen molar-refractivity contribution in [3.05, 3.63) is 90.9 Å². The number of carbonyl (C=O) groups is 2. The van der Waals surface area contributed by atoms with E-state index in [1.807, 2.05) is 35.3 Å². The van der Waals surface area contributed by atoms with Gasteiger partial charge in [-0.3, -0.25) is 9.78 Å². The number of ether oxygens (including phenoxy) is 1. The van der Waals surface area contributed by atoms with Gasteiger partial charge in [-0.15, -0.1) is 0 Å². The zero-order valence-electron chi connectivity index (χ0n) is 21.3. The number of nitrogens with zero attached hydrogens (tertiary/aromatic N) is 3. The van der Waals surface area contributed by atoms with Crippen LogP contribution in [-0.4, -0.2) is 58.0 Å². The molecule has 0 N–H and O–H groups in total. The smallest absolute Gasteiger partial charge is 0.466 e. The molecule has 1 aliphatic heterocycles. The zero-order valence-corrected chi connectivity index (χ0v) is 21.3. The summed E-state index contributed by atoms with van der Waals surface area (Å²) in [7, 11) is 0. The van der Waals surface area contributed by atoms with Gasteiger partial charge in [-0.25, -0.2) is 23.5 Å². The third kappa shape index (κ3) is 7.71. The molecule has 7 nitrogen and oxygen atoms in total. The van der Waals surface area contributed by atoms with E-state index < -0.39 is 30.6 Å². The van der Waals surface area contributed by atoms with Crippen molar-refractivity contribution in [3.8, 4) is 17.0 Å². The fourth-order valence-electron chi connectivity index (χ4n) is 3.84. The number of benzene rings is 1. The maximum Gasteiger partial charge on any atom is 0.494 e. The maximum absolute atomic E-state index is 14.7. The van der Waals surface area contributed by atoms with Crippen molar-refractivity contribution in [2.45, 2.75) is 24.6 Å². The van der Waals surface area contributed by atoms with E-state index >= 15 is 0 Å². The number of alkyl halides is 5. The van der Waals surface area contributed by atoms with Crippen LogP contribution in [0.2, 0.25) is 0 Å². The summed E-state index contributed by atoms with van der Waals surface area (Å²) in [4.78, 5) is 34.0. The fraction of sp³-hybridized carbons (Fsp3) is 0.214. The third-order valence-electron chi connectivity index (χ3n) is 5.91. The van der Waals surface area contributed by atoms with Gasteiger partial charge in [-0.1, -0.05) is 49.6 Å². The molecule has 1 atom stereocenters. The number of hydrogen-bond acceptors (Lipinski definition) is 6. The minimum atomic E-state index is -5.23. The van der Waals surface area contributed by atoms with Gasteiger partial charge in [0.25, 0.3) is 11.8 Å². The lowest BCUT2D eigenvalue weighted by molar-refractivity contribution is -0.234. The van der Waals surface area contributed by atoms with Gasteiger partial charge >= 0.3 is 12.1 Å². The first-order chi connectivity index (χ1) is 19.4. The summed E-state index contributed by atoms with van der Waals surface area (Å²) in [6.07, 6.45) is -1.09. The maximum atomic E-state index is 14.7. The molecule has 1 amide bonds. The molecule has 0 saturated carbocycles. The molecule has 1 fully saturated rings. The summed E-state index contributed by atoms with van der Waals surface area (Å²) >= 11 is 0. The number of likely N-dealkylation sites (tertiary alicyclic amines) is 1. The van der Waals surface area contributed by atoms with Crippen molar-refractivity contribution >= 4 is 24.0 Å². The first kappa shape index (κ1) is 30.9. The van der Waals surface area contributed by atoms with Crippen LogP contribution in [0.5, 0.6) is 5.88 Å². The number of pyridine rings is 2. The lowest BCUT2D eigenvalue weighted by atomic mass is 9.98. The highest BCUT2D eigenvalue weighted by Crippen LogP contribution is 2.33. The highest BCUT2D eigenvalue weighted by atomic mass is 19.4. The number of halogens is 6. The topological polar surface area (TPSA) is 81.6 Å². The number of carbonyl (C=O) groups excluding carboxylic acids is 2. The molecule has 0 radical (unpaired) electrons. The fourth-order valence-corrected chi connectivity index (χ4v) is 3.84. The monoisotopic (exact) mass is 579 g/mol. The predicted molar refractivity (Wildman–Crippen MR) is 137 cm³/mol. The molecule has 3 heterocycles. The van der Waals surface area contributed by atoms with Gasteiger partial charge in [-0.05, 0) is 34.9 Å². The normalized spacial score (nSPS) is 16.0. The van der Waals surface area contributed by atoms with Crippen LogP contribution >= 0.6 is 0 Å². The Morgan fingerprint density at radius 1 is 1.05 bits per heavy atom. The Labute approximate surface area is 230 Å². The van der Waals surface area contributed by atoms with Gasteiger partial charge in [0, 0.05) is 36.0 Å². The summed E-state index contributed by atoms with van der Waals surface area (Å²) < 4.78 is 77.6. The molecule has 1 unspecified atom stereocenters. The zero-order chi connectivity index (χ0) is 30.2. The number of hydrogen-bond donors (Lipinski definition) is 0. The molecule has 0 spiro atoms. The summed E-state index contributed by atoms with van der Waals surface area (Å²) in [5.41, 5.74) is 3.10. The summed E-state index contributed by atoms with van der Waals surface area (Å²) in [5, 5.41) is 0. The lowest BCUT2D eigenvalue weighted by Gasteiger charge is -2.38. The molecule has 216 valence electrons. The van der Waals surface area contributed by atoms with Gasteiger partial charge in [0.15, 0.2) is 6.10 Å². The van der Waals surface area contributed by atoms with E-state index in [0.29, 0.717) is 16.8 Å². The van der Waals surface area contributed by atoms with Gasteiger partial charge in [0.05, 0.1) is 17.8 Å². The summed E-state index contributed by atoms with van der Waals surface area (Å²) in [6.45, 7) is 7.02. The van der Waals surface area contributed by atoms with E-state index in [0.717, 1.165) is 11.1 Å². The number of piperidine rings is 1. The van der Waals surface area contributed by atoms with Crippen LogP contribution in [0.3, 0.4) is 0 Å². The Bertz CT molecular complexity index is 1400. The van der Waals surface area contributed by atoms with E-state index in [4.69, 9.17) is 9.53 Å². The van der Waals surface area contributed by atoms with Crippen molar-refractivity contribution in [2.75, 3.05) is 13.1 Å². The van der Waals surface area contributed by atoms with Gasteiger partial charge in [0.1, 0.15) is 0 Å². The average molecular weight is 579 g/mol.